The van der Waals surface area contributed by atoms with Crippen LogP contribution in [0.1, 0.15) is 38.9 Å². The third kappa shape index (κ3) is 3.56. The largest absolute Gasteiger partial charge is 0.370 e. The summed E-state index contributed by atoms with van der Waals surface area (Å²) in [5, 5.41) is 3.68. The van der Waals surface area contributed by atoms with Gasteiger partial charge in [0.2, 0.25) is 0 Å². The first-order valence-electron chi connectivity index (χ1n) is 6.69. The van der Waals surface area contributed by atoms with Crippen LogP contribution < -0.4 is 5.32 Å². The molecule has 0 radical (unpaired) electrons. The molecule has 2 nitrogen and oxygen atoms in total. The molecule has 1 aromatic carbocycles. The van der Waals surface area contributed by atoms with E-state index in [1.54, 1.807) is 0 Å². The fraction of sp³-hybridized carbons (Fsp3) is 0.600. The van der Waals surface area contributed by atoms with Gasteiger partial charge < -0.3 is 10.1 Å². The Morgan fingerprint density at radius 3 is 2.83 bits per heavy atom. The molecule has 2 rings (SSSR count). The quantitative estimate of drug-likeness (QED) is 0.913. The van der Waals surface area contributed by atoms with E-state index in [0.717, 1.165) is 11.1 Å². The Hall–Kier alpha value is -0.380. The Morgan fingerprint density at radius 1 is 1.44 bits per heavy atom. The van der Waals surface area contributed by atoms with Crippen LogP contribution in [0.2, 0.25) is 0 Å². The molecule has 3 atom stereocenters. The van der Waals surface area contributed by atoms with Gasteiger partial charge in [-0.3, -0.25) is 0 Å². The first-order valence-corrected chi connectivity index (χ1v) is 7.48. The first kappa shape index (κ1) is 14.0. The van der Waals surface area contributed by atoms with Gasteiger partial charge in [-0.1, -0.05) is 41.9 Å². The molecule has 1 saturated heterocycles. The van der Waals surface area contributed by atoms with Crippen molar-refractivity contribution in [1.29, 1.82) is 0 Å². The number of ether oxygens (including phenoxy) is 1. The minimum atomic E-state index is 0.158. The topological polar surface area (TPSA) is 21.3 Å². The maximum absolute atomic E-state index is 6.06. The van der Waals surface area contributed by atoms with Gasteiger partial charge in [0.25, 0.3) is 0 Å². The molecule has 0 amide bonds. The van der Waals surface area contributed by atoms with Gasteiger partial charge in [0.05, 0.1) is 12.7 Å². The lowest BCUT2D eigenvalue weighted by Gasteiger charge is -2.36. The Balaban J connectivity index is 2.01. The lowest BCUT2D eigenvalue weighted by Crippen LogP contribution is -2.49. The Kier molecular flexibility index (Phi) is 4.82. The van der Waals surface area contributed by atoms with Crippen molar-refractivity contribution >= 4 is 15.9 Å². The summed E-state index contributed by atoms with van der Waals surface area (Å²) in [5.41, 5.74) is 1.24. The molecule has 0 saturated carbocycles. The third-order valence-corrected chi connectivity index (χ3v) is 3.86. The van der Waals surface area contributed by atoms with Crippen LogP contribution in [-0.2, 0) is 4.74 Å². The van der Waals surface area contributed by atoms with Crippen LogP contribution in [0, 0.1) is 5.92 Å². The van der Waals surface area contributed by atoms with Crippen molar-refractivity contribution in [3.8, 4) is 0 Å². The molecule has 1 fully saturated rings. The second-order valence-electron chi connectivity index (χ2n) is 5.59. The van der Waals surface area contributed by atoms with Gasteiger partial charge in [0.1, 0.15) is 0 Å². The van der Waals surface area contributed by atoms with Gasteiger partial charge in [-0.2, -0.15) is 0 Å². The average Bonchev–Trinajstić information content (AvgIpc) is 2.28. The van der Waals surface area contributed by atoms with Crippen LogP contribution in [-0.4, -0.2) is 18.7 Å². The number of halogens is 1. The van der Waals surface area contributed by atoms with Crippen molar-refractivity contribution in [3.63, 3.8) is 0 Å². The summed E-state index contributed by atoms with van der Waals surface area (Å²) in [6, 6.07) is 9.24. The summed E-state index contributed by atoms with van der Waals surface area (Å²) >= 11 is 3.52. The maximum Gasteiger partial charge on any atom is 0.0976 e. The average molecular weight is 312 g/mol. The van der Waals surface area contributed by atoms with E-state index in [1.165, 1.54) is 12.0 Å². The number of morpholine rings is 1. The van der Waals surface area contributed by atoms with Gasteiger partial charge in [-0.05, 0) is 37.0 Å². The third-order valence-electron chi connectivity index (χ3n) is 3.36. The van der Waals surface area contributed by atoms with Crippen LogP contribution in [0.25, 0.3) is 0 Å². The zero-order valence-electron chi connectivity index (χ0n) is 11.3. The standard InChI is InChI=1S/C15H22BrNO/c1-10(2)7-14-9-18-15(11(3)17-14)12-5-4-6-13(16)8-12/h4-6,8,10-11,14-15,17H,7,9H2,1-3H3. The molecular weight excluding hydrogens is 290 g/mol. The van der Waals surface area contributed by atoms with Gasteiger partial charge in [0.15, 0.2) is 0 Å². The van der Waals surface area contributed by atoms with Crippen molar-refractivity contribution in [2.75, 3.05) is 6.61 Å². The van der Waals surface area contributed by atoms with E-state index in [0.29, 0.717) is 18.0 Å². The zero-order valence-corrected chi connectivity index (χ0v) is 12.9. The monoisotopic (exact) mass is 311 g/mol. The molecule has 0 aromatic heterocycles. The molecule has 0 bridgehead atoms. The number of benzene rings is 1. The summed E-state index contributed by atoms with van der Waals surface area (Å²) < 4.78 is 7.17. The van der Waals surface area contributed by atoms with Crippen molar-refractivity contribution in [2.45, 2.75) is 45.4 Å². The van der Waals surface area contributed by atoms with Gasteiger partial charge >= 0.3 is 0 Å². The Labute approximate surface area is 118 Å². The molecule has 1 heterocycles. The summed E-state index contributed by atoms with van der Waals surface area (Å²) in [6.45, 7) is 7.53. The molecule has 3 unspecified atom stereocenters. The van der Waals surface area contributed by atoms with Gasteiger partial charge in [-0.25, -0.2) is 0 Å². The smallest absolute Gasteiger partial charge is 0.0976 e. The molecule has 1 aliphatic rings. The predicted molar refractivity (Wildman–Crippen MR) is 78.7 cm³/mol. The maximum atomic E-state index is 6.06. The van der Waals surface area contributed by atoms with E-state index >= 15 is 0 Å². The lowest BCUT2D eigenvalue weighted by atomic mass is 9.97. The van der Waals surface area contributed by atoms with E-state index in [2.05, 4.69) is 60.2 Å². The molecule has 3 heteroatoms. The number of rotatable bonds is 3. The minimum Gasteiger partial charge on any atom is -0.370 e. The molecule has 1 N–H and O–H groups in total. The summed E-state index contributed by atoms with van der Waals surface area (Å²) in [5.74, 6) is 0.709. The highest BCUT2D eigenvalue weighted by atomic mass is 79.9. The van der Waals surface area contributed by atoms with Crippen LogP contribution in [0.5, 0.6) is 0 Å². The predicted octanol–water partition coefficient (Wildman–Crippen LogP) is 3.91. The van der Waals surface area contributed by atoms with Crippen molar-refractivity contribution in [2.24, 2.45) is 5.92 Å². The summed E-state index contributed by atoms with van der Waals surface area (Å²) in [6.07, 6.45) is 1.33. The highest BCUT2D eigenvalue weighted by Crippen LogP contribution is 2.28. The second-order valence-corrected chi connectivity index (χ2v) is 6.51. The Morgan fingerprint density at radius 2 is 2.22 bits per heavy atom. The molecule has 100 valence electrons. The van der Waals surface area contributed by atoms with Crippen molar-refractivity contribution in [1.82, 2.24) is 5.32 Å². The summed E-state index contributed by atoms with van der Waals surface area (Å²) in [7, 11) is 0. The number of nitrogens with one attached hydrogen (secondary N) is 1. The van der Waals surface area contributed by atoms with E-state index in [1.807, 2.05) is 6.07 Å². The van der Waals surface area contributed by atoms with E-state index in [-0.39, 0.29) is 6.10 Å². The van der Waals surface area contributed by atoms with E-state index in [9.17, 15) is 0 Å². The molecule has 1 aliphatic heterocycles. The van der Waals surface area contributed by atoms with Crippen LogP contribution >= 0.6 is 15.9 Å². The van der Waals surface area contributed by atoms with Gasteiger partial charge in [-0.15, -0.1) is 0 Å². The SMILES string of the molecule is CC(C)CC1COC(c2cccc(Br)c2)C(C)N1. The highest BCUT2D eigenvalue weighted by Gasteiger charge is 2.28. The normalized spacial score (nSPS) is 28.6. The zero-order chi connectivity index (χ0) is 13.1. The molecule has 0 spiro atoms. The summed E-state index contributed by atoms with van der Waals surface area (Å²) in [4.78, 5) is 0. The van der Waals surface area contributed by atoms with Crippen LogP contribution in [0.3, 0.4) is 0 Å². The molecule has 1 aromatic rings. The molecule has 18 heavy (non-hydrogen) atoms. The molecule has 0 aliphatic carbocycles. The Bertz CT molecular complexity index is 394. The van der Waals surface area contributed by atoms with Gasteiger partial charge in [0, 0.05) is 16.6 Å². The van der Waals surface area contributed by atoms with Crippen LogP contribution in [0.15, 0.2) is 28.7 Å². The molecular formula is C15H22BrNO. The van der Waals surface area contributed by atoms with Crippen molar-refractivity contribution < 1.29 is 4.74 Å². The second kappa shape index (κ2) is 6.18. The number of hydrogen-bond donors (Lipinski definition) is 1. The van der Waals surface area contributed by atoms with Crippen LogP contribution in [0.4, 0.5) is 0 Å². The van der Waals surface area contributed by atoms with E-state index < -0.39 is 0 Å². The van der Waals surface area contributed by atoms with E-state index in [4.69, 9.17) is 4.74 Å². The minimum absolute atomic E-state index is 0.158. The fourth-order valence-electron chi connectivity index (χ4n) is 2.65. The highest BCUT2D eigenvalue weighted by molar-refractivity contribution is 9.10. The fourth-order valence-corrected chi connectivity index (χ4v) is 3.06. The first-order chi connectivity index (χ1) is 8.56. The lowest BCUT2D eigenvalue weighted by molar-refractivity contribution is -0.0284. The number of hydrogen-bond acceptors (Lipinski definition) is 2. The van der Waals surface area contributed by atoms with Crippen molar-refractivity contribution in [3.05, 3.63) is 34.3 Å².